The molecule has 0 unspecified atom stereocenters. The summed E-state index contributed by atoms with van der Waals surface area (Å²) < 4.78 is 46.5. The van der Waals surface area contributed by atoms with E-state index < -0.39 is 17.6 Å². The van der Waals surface area contributed by atoms with Gasteiger partial charge in [0.2, 0.25) is 5.84 Å². The number of rotatable bonds is 5. The molecule has 0 spiro atoms. The van der Waals surface area contributed by atoms with E-state index in [1.54, 1.807) is 18.2 Å². The number of hydrazine groups is 1. The van der Waals surface area contributed by atoms with Crippen molar-refractivity contribution >= 4 is 29.0 Å². The maximum absolute atomic E-state index is 13.7. The summed E-state index contributed by atoms with van der Waals surface area (Å²) in [5, 5.41) is 3.67. The topological polar surface area (TPSA) is 86.3 Å². The molecule has 1 saturated heterocycles. The average molecular weight is 475 g/mol. The summed E-state index contributed by atoms with van der Waals surface area (Å²) in [4.78, 5) is 30.6. The molecule has 2 aromatic carbocycles. The number of carbonyl (C=O) groups excluding carboxylic acids is 2. The van der Waals surface area contributed by atoms with Gasteiger partial charge in [-0.3, -0.25) is 20.0 Å². The molecule has 0 aromatic heterocycles. The van der Waals surface area contributed by atoms with Gasteiger partial charge in [-0.05, 0) is 36.8 Å². The molecule has 0 radical (unpaired) electrons. The number of morpholine rings is 1. The van der Waals surface area contributed by atoms with Gasteiger partial charge in [-0.25, -0.2) is 5.01 Å². The van der Waals surface area contributed by atoms with Gasteiger partial charge in [-0.2, -0.15) is 13.2 Å². The van der Waals surface area contributed by atoms with E-state index in [-0.39, 0.29) is 30.4 Å². The minimum absolute atomic E-state index is 0.0688. The van der Waals surface area contributed by atoms with Crippen LogP contribution in [0.5, 0.6) is 0 Å². The number of anilines is 2. The Hall–Kier alpha value is -3.60. The van der Waals surface area contributed by atoms with Crippen LogP contribution < -0.4 is 20.7 Å². The number of amides is 2. The van der Waals surface area contributed by atoms with E-state index in [1.165, 1.54) is 11.1 Å². The fraction of sp³-hybridized carbons (Fsp3) is 0.348. The van der Waals surface area contributed by atoms with Crippen molar-refractivity contribution < 1.29 is 27.5 Å². The molecule has 180 valence electrons. The Kier molecular flexibility index (Phi) is 6.73. The Balaban J connectivity index is 1.46. The number of benzene rings is 2. The lowest BCUT2D eigenvalue weighted by Crippen LogP contribution is -2.55. The fourth-order valence-corrected chi connectivity index (χ4v) is 3.71. The number of nitrogens with zero attached hydrogens (tertiary/aromatic N) is 3. The van der Waals surface area contributed by atoms with Gasteiger partial charge >= 0.3 is 6.18 Å². The highest BCUT2D eigenvalue weighted by Gasteiger charge is 2.34. The van der Waals surface area contributed by atoms with Crippen molar-refractivity contribution in [3.8, 4) is 0 Å². The fourth-order valence-electron chi connectivity index (χ4n) is 3.71. The van der Waals surface area contributed by atoms with Gasteiger partial charge in [-0.15, -0.1) is 0 Å². The molecule has 2 aliphatic heterocycles. The largest absolute Gasteiger partial charge is 0.416 e. The minimum atomic E-state index is -4.59. The molecule has 2 aromatic rings. The Morgan fingerprint density at radius 1 is 1.12 bits per heavy atom. The second kappa shape index (κ2) is 9.72. The number of hydrogen-bond donors (Lipinski definition) is 2. The number of aliphatic imine (C=N–C) groups is 1. The second-order valence-electron chi connectivity index (χ2n) is 7.96. The summed E-state index contributed by atoms with van der Waals surface area (Å²) in [6.07, 6.45) is -4.59. The molecule has 2 amide bonds. The Morgan fingerprint density at radius 2 is 1.79 bits per heavy atom. The highest BCUT2D eigenvalue weighted by atomic mass is 19.4. The van der Waals surface area contributed by atoms with Crippen molar-refractivity contribution in [3.63, 3.8) is 0 Å². The molecular formula is C23H24F3N5O3. The molecular weight excluding hydrogens is 451 g/mol. The summed E-state index contributed by atoms with van der Waals surface area (Å²) in [6.45, 7) is 3.22. The molecule has 11 heteroatoms. The van der Waals surface area contributed by atoms with Crippen LogP contribution in [-0.2, 0) is 27.0 Å². The molecule has 0 atom stereocenters. The molecule has 2 aliphatic rings. The lowest BCUT2D eigenvalue weighted by molar-refractivity contribution is -0.138. The van der Waals surface area contributed by atoms with Crippen LogP contribution in [0.3, 0.4) is 0 Å². The first-order chi connectivity index (χ1) is 16.2. The van der Waals surface area contributed by atoms with Gasteiger partial charge in [0.05, 0.1) is 24.5 Å². The monoisotopic (exact) mass is 475 g/mol. The van der Waals surface area contributed by atoms with Crippen LogP contribution >= 0.6 is 0 Å². The molecule has 2 heterocycles. The van der Waals surface area contributed by atoms with Crippen molar-refractivity contribution in [1.29, 1.82) is 0 Å². The van der Waals surface area contributed by atoms with Gasteiger partial charge in [-0.1, -0.05) is 23.8 Å². The Labute approximate surface area is 194 Å². The molecule has 0 bridgehead atoms. The highest BCUT2D eigenvalue weighted by molar-refractivity contribution is 6.39. The predicted octanol–water partition coefficient (Wildman–Crippen LogP) is 2.42. The van der Waals surface area contributed by atoms with Gasteiger partial charge in [0.1, 0.15) is 6.54 Å². The van der Waals surface area contributed by atoms with Crippen LogP contribution in [0.4, 0.5) is 24.5 Å². The maximum atomic E-state index is 13.7. The maximum Gasteiger partial charge on any atom is 0.416 e. The Bertz CT molecular complexity index is 1100. The number of nitrogens with one attached hydrogen (secondary N) is 2. The number of ether oxygens (including phenoxy) is 1. The van der Waals surface area contributed by atoms with Crippen molar-refractivity contribution in [3.05, 3.63) is 59.2 Å². The van der Waals surface area contributed by atoms with Crippen molar-refractivity contribution in [2.24, 2.45) is 4.99 Å². The van der Waals surface area contributed by atoms with Crippen molar-refractivity contribution in [2.75, 3.05) is 42.8 Å². The van der Waals surface area contributed by atoms with E-state index in [2.05, 4.69) is 15.7 Å². The van der Waals surface area contributed by atoms with E-state index in [1.807, 2.05) is 24.0 Å². The van der Waals surface area contributed by atoms with Crippen LogP contribution in [0, 0.1) is 6.92 Å². The third kappa shape index (κ3) is 5.30. The number of amidine groups is 1. The number of alkyl halides is 3. The first kappa shape index (κ1) is 23.6. The summed E-state index contributed by atoms with van der Waals surface area (Å²) in [7, 11) is 0. The minimum Gasteiger partial charge on any atom is -0.378 e. The predicted molar refractivity (Wildman–Crippen MR) is 120 cm³/mol. The molecule has 1 fully saturated rings. The summed E-state index contributed by atoms with van der Waals surface area (Å²) in [5.41, 5.74) is 3.75. The van der Waals surface area contributed by atoms with E-state index in [0.29, 0.717) is 37.7 Å². The quantitative estimate of drug-likeness (QED) is 0.694. The summed E-state index contributed by atoms with van der Waals surface area (Å²) in [5.74, 6) is -1.23. The molecule has 0 aliphatic carbocycles. The highest BCUT2D eigenvalue weighted by Crippen LogP contribution is 2.35. The third-order valence-electron chi connectivity index (χ3n) is 5.56. The zero-order chi connectivity index (χ0) is 24.3. The average Bonchev–Trinajstić information content (AvgIpc) is 2.83. The smallest absolute Gasteiger partial charge is 0.378 e. The standard InChI is InChI=1S/C23H24F3N5O3/c1-15-2-5-17(6-3-15)31-20(32)14-27-21(29-31)22(33)28-13-16-4-7-18(12-19(16)23(24,25)26)30-8-10-34-11-9-30/h2-7,12H,8-11,13-14H2,1H3,(H,27,29)(H,28,33). The van der Waals surface area contributed by atoms with Crippen LogP contribution in [0.15, 0.2) is 47.5 Å². The molecule has 0 saturated carbocycles. The third-order valence-corrected chi connectivity index (χ3v) is 5.56. The SMILES string of the molecule is Cc1ccc(N2NC(C(=O)NCc3ccc(N4CCOCC4)cc3C(F)(F)F)=NCC2=O)cc1. The van der Waals surface area contributed by atoms with Crippen LogP contribution in [0.1, 0.15) is 16.7 Å². The first-order valence-electron chi connectivity index (χ1n) is 10.7. The lowest BCUT2D eigenvalue weighted by atomic mass is 10.0. The Morgan fingerprint density at radius 3 is 2.47 bits per heavy atom. The summed E-state index contributed by atoms with van der Waals surface area (Å²) in [6, 6.07) is 11.1. The number of carbonyl (C=O) groups is 2. The van der Waals surface area contributed by atoms with Gasteiger partial charge in [0.15, 0.2) is 0 Å². The molecule has 2 N–H and O–H groups in total. The lowest BCUT2D eigenvalue weighted by Gasteiger charge is -2.30. The molecule has 4 rings (SSSR count). The van der Waals surface area contributed by atoms with E-state index >= 15 is 0 Å². The van der Waals surface area contributed by atoms with Crippen LogP contribution in [0.2, 0.25) is 0 Å². The van der Waals surface area contributed by atoms with Crippen LogP contribution in [-0.4, -0.2) is 50.5 Å². The van der Waals surface area contributed by atoms with Gasteiger partial charge in [0, 0.05) is 25.3 Å². The van der Waals surface area contributed by atoms with Crippen molar-refractivity contribution in [1.82, 2.24) is 10.7 Å². The second-order valence-corrected chi connectivity index (χ2v) is 7.96. The number of hydrogen-bond acceptors (Lipinski definition) is 6. The summed E-state index contributed by atoms with van der Waals surface area (Å²) >= 11 is 0. The molecule has 34 heavy (non-hydrogen) atoms. The zero-order valence-corrected chi connectivity index (χ0v) is 18.5. The van der Waals surface area contributed by atoms with Gasteiger partial charge < -0.3 is 15.0 Å². The number of aryl methyl sites for hydroxylation is 1. The van der Waals surface area contributed by atoms with E-state index in [9.17, 15) is 22.8 Å². The zero-order valence-electron chi connectivity index (χ0n) is 18.5. The normalized spacial score (nSPS) is 16.7. The van der Waals surface area contributed by atoms with Gasteiger partial charge in [0.25, 0.3) is 11.8 Å². The van der Waals surface area contributed by atoms with Crippen LogP contribution in [0.25, 0.3) is 0 Å². The first-order valence-corrected chi connectivity index (χ1v) is 10.7. The van der Waals surface area contributed by atoms with E-state index in [4.69, 9.17) is 4.74 Å². The van der Waals surface area contributed by atoms with E-state index in [0.717, 1.165) is 11.6 Å². The molecule has 8 nitrogen and oxygen atoms in total. The number of halogens is 3. The van der Waals surface area contributed by atoms with Crippen molar-refractivity contribution in [2.45, 2.75) is 19.6 Å².